The van der Waals surface area contributed by atoms with Gasteiger partial charge in [0.25, 0.3) is 0 Å². The minimum absolute atomic E-state index is 1.15. The quantitative estimate of drug-likeness (QED) is 0.152. The summed E-state index contributed by atoms with van der Waals surface area (Å²) in [5.74, 6) is 0. The summed E-state index contributed by atoms with van der Waals surface area (Å²) in [6.07, 6.45) is 0. The Labute approximate surface area is 552 Å². The largest absolute Gasteiger partial charge is 0.309 e. The van der Waals surface area contributed by atoms with Crippen LogP contribution >= 0.6 is 0 Å². The molecule has 21 aromatic rings. The minimum atomic E-state index is 1.15. The van der Waals surface area contributed by atoms with Crippen molar-refractivity contribution in [3.8, 4) is 45.3 Å². The van der Waals surface area contributed by atoms with E-state index in [0.717, 1.165) is 11.4 Å². The highest BCUT2D eigenvalue weighted by atomic mass is 15.0. The minimum Gasteiger partial charge on any atom is -0.309 e. The fraction of sp³-hybridized carbons (Fsp3) is 0. The molecule has 0 aliphatic carbocycles. The highest BCUT2D eigenvalue weighted by Crippen LogP contribution is 2.44. The summed E-state index contributed by atoms with van der Waals surface area (Å²) in [6.45, 7) is 0. The SMILES string of the molecule is c1ccc(-n2c3ccccc3c3cc(-c4ccc(-n5c6ccccc6c6cc7c8ccccc8n(-c8ccccc8)c7cc65)cc4)ccc32)cc1.c1ccc(-n2c3ccccc3c3cc(-n4c5ccccc5c5cc6c7ccccc7n(-c7ccccc7)c6cc54)ccc32)cc1. The van der Waals surface area contributed by atoms with Crippen LogP contribution < -0.4 is 0 Å². The van der Waals surface area contributed by atoms with E-state index in [1.165, 1.54) is 165 Å². The zero-order chi connectivity index (χ0) is 63.0. The molecule has 15 aromatic carbocycles. The molecule has 6 heteroatoms. The first kappa shape index (κ1) is 53.7. The van der Waals surface area contributed by atoms with E-state index in [4.69, 9.17) is 0 Å². The predicted octanol–water partition coefficient (Wildman–Crippen LogP) is 23.6. The maximum atomic E-state index is 2.45. The Bertz CT molecular complexity index is 6660. The number of hydrogen-bond acceptors (Lipinski definition) is 0. The number of hydrogen-bond donors (Lipinski definition) is 0. The lowest BCUT2D eigenvalue weighted by Crippen LogP contribution is -1.96. The van der Waals surface area contributed by atoms with E-state index in [9.17, 15) is 0 Å². The van der Waals surface area contributed by atoms with Gasteiger partial charge in [-0.25, -0.2) is 0 Å². The van der Waals surface area contributed by atoms with Crippen LogP contribution in [0.1, 0.15) is 0 Å². The van der Waals surface area contributed by atoms with Gasteiger partial charge in [-0.15, -0.1) is 0 Å². The maximum absolute atomic E-state index is 2.45. The lowest BCUT2D eigenvalue weighted by atomic mass is 10.0. The van der Waals surface area contributed by atoms with Gasteiger partial charge in [-0.3, -0.25) is 0 Å². The van der Waals surface area contributed by atoms with Gasteiger partial charge in [-0.2, -0.15) is 0 Å². The van der Waals surface area contributed by atoms with Crippen molar-refractivity contribution in [1.29, 1.82) is 0 Å². The average Bonchev–Trinajstić information content (AvgIpc) is 1.80. The summed E-state index contributed by atoms with van der Waals surface area (Å²) in [7, 11) is 0. The number of fused-ring (bicyclic) bond motifs is 18. The molecule has 6 nitrogen and oxygen atoms in total. The van der Waals surface area contributed by atoms with Crippen LogP contribution in [0.25, 0.3) is 176 Å². The van der Waals surface area contributed by atoms with Crippen LogP contribution in [0.5, 0.6) is 0 Å². The van der Waals surface area contributed by atoms with Gasteiger partial charge in [0.2, 0.25) is 0 Å². The van der Waals surface area contributed by atoms with Crippen molar-refractivity contribution in [2.45, 2.75) is 0 Å². The highest BCUT2D eigenvalue weighted by molar-refractivity contribution is 6.21. The molecule has 0 radical (unpaired) electrons. The molecular formula is C90H58N6. The maximum Gasteiger partial charge on any atom is 0.0562 e. The molecule has 21 rings (SSSR count). The second kappa shape index (κ2) is 21.3. The van der Waals surface area contributed by atoms with Crippen LogP contribution in [0.3, 0.4) is 0 Å². The van der Waals surface area contributed by atoms with Crippen molar-refractivity contribution in [3.63, 3.8) is 0 Å². The molecule has 0 fully saturated rings. The molecule has 6 aromatic heterocycles. The number of benzene rings is 15. The Morgan fingerprint density at radius 2 is 0.333 bits per heavy atom. The smallest absolute Gasteiger partial charge is 0.0562 e. The molecule has 0 saturated carbocycles. The summed E-state index contributed by atoms with van der Waals surface area (Å²) < 4.78 is 14.4. The van der Waals surface area contributed by atoms with E-state index in [0.29, 0.717) is 0 Å². The summed E-state index contributed by atoms with van der Waals surface area (Å²) >= 11 is 0. The average molecular weight is 1220 g/mol. The molecule has 0 aliphatic rings. The van der Waals surface area contributed by atoms with Crippen molar-refractivity contribution in [2.24, 2.45) is 0 Å². The Kier molecular flexibility index (Phi) is 11.9. The van der Waals surface area contributed by atoms with Crippen molar-refractivity contribution in [1.82, 2.24) is 27.4 Å². The molecule has 0 spiro atoms. The van der Waals surface area contributed by atoms with Crippen LogP contribution in [0.15, 0.2) is 352 Å². The zero-order valence-corrected chi connectivity index (χ0v) is 52.2. The number of rotatable bonds is 7. The van der Waals surface area contributed by atoms with Crippen molar-refractivity contribution in [3.05, 3.63) is 352 Å². The molecule has 448 valence electrons. The molecule has 0 atom stereocenters. The van der Waals surface area contributed by atoms with Crippen LogP contribution in [0.4, 0.5) is 0 Å². The summed E-state index contributed by atoms with van der Waals surface area (Å²) in [5, 5.41) is 15.1. The molecule has 96 heavy (non-hydrogen) atoms. The van der Waals surface area contributed by atoms with E-state index in [1.54, 1.807) is 0 Å². The van der Waals surface area contributed by atoms with Crippen LogP contribution in [-0.4, -0.2) is 27.4 Å². The van der Waals surface area contributed by atoms with E-state index >= 15 is 0 Å². The fourth-order valence-electron chi connectivity index (χ4n) is 15.9. The molecule has 0 amide bonds. The number of aromatic nitrogens is 6. The Balaban J connectivity index is 0.000000132. The van der Waals surface area contributed by atoms with Crippen molar-refractivity contribution in [2.75, 3.05) is 0 Å². The molecule has 0 saturated heterocycles. The van der Waals surface area contributed by atoms with Crippen molar-refractivity contribution >= 4 is 131 Å². The fourth-order valence-corrected chi connectivity index (χ4v) is 15.9. The van der Waals surface area contributed by atoms with Gasteiger partial charge in [0.1, 0.15) is 0 Å². The monoisotopic (exact) mass is 1220 g/mol. The Morgan fingerprint density at radius 1 is 0.115 bits per heavy atom. The van der Waals surface area contributed by atoms with Gasteiger partial charge in [0.15, 0.2) is 0 Å². The standard InChI is InChI=1S/C48H31N3.C42H27N3/c1-3-13-34(14-4-1)49-43-20-10-7-17-37(43)40-29-33(25-28-46(40)49)32-23-26-36(27-24-32)51-45-22-12-9-19-39(45)42-30-41-38-18-8-11-21-44(38)50(47(41)31-48(42)51)35-15-5-2-6-16-35;1-3-13-28(14-4-1)43-37-20-10-7-17-31(37)34-25-30(23-24-40(34)43)45-39-22-12-9-19-33(39)36-26-35-32-18-8-11-21-38(32)44(41(35)27-42(36)45)29-15-5-2-6-16-29/h1-31H;1-27H. The summed E-state index contributed by atoms with van der Waals surface area (Å²) in [4.78, 5) is 0. The normalized spacial score (nSPS) is 12.0. The van der Waals surface area contributed by atoms with Gasteiger partial charge in [0, 0.05) is 98.8 Å². The van der Waals surface area contributed by atoms with Crippen LogP contribution in [0.2, 0.25) is 0 Å². The third kappa shape index (κ3) is 8.12. The second-order valence-corrected chi connectivity index (χ2v) is 25.2. The Hall–Kier alpha value is -12.9. The summed E-state index contributed by atoms with van der Waals surface area (Å²) in [6, 6.07) is 128. The van der Waals surface area contributed by atoms with Gasteiger partial charge in [-0.1, -0.05) is 200 Å². The molecule has 0 bridgehead atoms. The highest BCUT2D eigenvalue weighted by Gasteiger charge is 2.23. The number of para-hydroxylation sites is 10. The van der Waals surface area contributed by atoms with E-state index < -0.39 is 0 Å². The third-order valence-corrected chi connectivity index (χ3v) is 20.0. The third-order valence-electron chi connectivity index (χ3n) is 20.0. The van der Waals surface area contributed by atoms with Gasteiger partial charge < -0.3 is 27.4 Å². The summed E-state index contributed by atoms with van der Waals surface area (Å²) in [5.41, 5.74) is 23.9. The Morgan fingerprint density at radius 3 is 0.667 bits per heavy atom. The second-order valence-electron chi connectivity index (χ2n) is 25.2. The predicted molar refractivity (Wildman–Crippen MR) is 404 cm³/mol. The van der Waals surface area contributed by atoms with Gasteiger partial charge in [0.05, 0.1) is 66.2 Å². The van der Waals surface area contributed by atoms with Gasteiger partial charge >= 0.3 is 0 Å². The first-order valence-corrected chi connectivity index (χ1v) is 33.0. The van der Waals surface area contributed by atoms with Gasteiger partial charge in [-0.05, 0) is 163 Å². The van der Waals surface area contributed by atoms with Crippen LogP contribution in [0, 0.1) is 0 Å². The van der Waals surface area contributed by atoms with E-state index in [2.05, 4.69) is 379 Å². The number of nitrogens with zero attached hydrogens (tertiary/aromatic N) is 6. The van der Waals surface area contributed by atoms with Crippen molar-refractivity contribution < 1.29 is 0 Å². The molecule has 0 aliphatic heterocycles. The molecule has 6 heterocycles. The molecule has 0 N–H and O–H groups in total. The van der Waals surface area contributed by atoms with E-state index in [-0.39, 0.29) is 0 Å². The topological polar surface area (TPSA) is 29.6 Å². The van der Waals surface area contributed by atoms with E-state index in [1.807, 2.05) is 0 Å². The first-order chi connectivity index (χ1) is 47.7. The lowest BCUT2D eigenvalue weighted by Gasteiger charge is -2.11. The lowest BCUT2D eigenvalue weighted by molar-refractivity contribution is 1.16. The van der Waals surface area contributed by atoms with Crippen LogP contribution in [-0.2, 0) is 0 Å². The molecular weight excluding hydrogens is 1170 g/mol. The first-order valence-electron chi connectivity index (χ1n) is 33.0. The molecule has 0 unspecified atom stereocenters. The zero-order valence-electron chi connectivity index (χ0n) is 52.2.